The minimum atomic E-state index is -0.592. The lowest BCUT2D eigenvalue weighted by Crippen LogP contribution is -2.51. The van der Waals surface area contributed by atoms with Crippen LogP contribution in [0.25, 0.3) is 0 Å². The molecular weight excluding hydrogens is 164 g/mol. The van der Waals surface area contributed by atoms with Gasteiger partial charge in [0.1, 0.15) is 0 Å². The zero-order chi connectivity index (χ0) is 9.73. The van der Waals surface area contributed by atoms with Gasteiger partial charge in [-0.05, 0) is 39.3 Å². The topological polar surface area (TPSA) is 44.3 Å². The van der Waals surface area contributed by atoms with Crippen LogP contribution in [0.4, 0.5) is 0 Å². The standard InChI is InChI=1S/C10H22N2O/c1-3-6-11-8-10(2,13)9-5-4-7-12-9/h9,11-13H,3-8H2,1-2H3. The normalized spacial score (nSPS) is 27.5. The summed E-state index contributed by atoms with van der Waals surface area (Å²) >= 11 is 0. The fourth-order valence-electron chi connectivity index (χ4n) is 1.86. The molecule has 1 saturated heterocycles. The third-order valence-corrected chi connectivity index (χ3v) is 2.72. The van der Waals surface area contributed by atoms with Gasteiger partial charge in [0.05, 0.1) is 5.60 Å². The van der Waals surface area contributed by atoms with Crippen LogP contribution in [0.1, 0.15) is 33.1 Å². The molecule has 1 aliphatic rings. The lowest BCUT2D eigenvalue weighted by atomic mass is 9.95. The van der Waals surface area contributed by atoms with Crippen LogP contribution in [0, 0.1) is 0 Å². The van der Waals surface area contributed by atoms with Gasteiger partial charge in [-0.1, -0.05) is 6.92 Å². The molecule has 13 heavy (non-hydrogen) atoms. The van der Waals surface area contributed by atoms with Gasteiger partial charge in [0, 0.05) is 12.6 Å². The Hall–Kier alpha value is -0.120. The van der Waals surface area contributed by atoms with Gasteiger partial charge in [-0.15, -0.1) is 0 Å². The van der Waals surface area contributed by atoms with E-state index in [1.807, 2.05) is 6.92 Å². The van der Waals surface area contributed by atoms with E-state index in [1.165, 1.54) is 6.42 Å². The van der Waals surface area contributed by atoms with Gasteiger partial charge >= 0.3 is 0 Å². The number of aliphatic hydroxyl groups is 1. The summed E-state index contributed by atoms with van der Waals surface area (Å²) in [7, 11) is 0. The van der Waals surface area contributed by atoms with Crippen molar-refractivity contribution in [1.82, 2.24) is 10.6 Å². The first-order valence-electron chi connectivity index (χ1n) is 5.33. The molecule has 1 aliphatic heterocycles. The highest BCUT2D eigenvalue weighted by atomic mass is 16.3. The molecule has 0 aromatic heterocycles. The largest absolute Gasteiger partial charge is 0.387 e. The van der Waals surface area contributed by atoms with E-state index in [1.54, 1.807) is 0 Å². The predicted molar refractivity (Wildman–Crippen MR) is 54.8 cm³/mol. The first-order chi connectivity index (χ1) is 6.17. The molecule has 2 atom stereocenters. The molecule has 0 aromatic carbocycles. The van der Waals surface area contributed by atoms with Crippen molar-refractivity contribution in [3.8, 4) is 0 Å². The Morgan fingerprint density at radius 3 is 2.92 bits per heavy atom. The van der Waals surface area contributed by atoms with Crippen LogP contribution in [-0.2, 0) is 0 Å². The van der Waals surface area contributed by atoms with Crippen molar-refractivity contribution in [1.29, 1.82) is 0 Å². The van der Waals surface area contributed by atoms with Crippen molar-refractivity contribution < 1.29 is 5.11 Å². The lowest BCUT2D eigenvalue weighted by molar-refractivity contribution is 0.0265. The monoisotopic (exact) mass is 186 g/mol. The van der Waals surface area contributed by atoms with Crippen molar-refractivity contribution in [2.75, 3.05) is 19.6 Å². The molecule has 3 N–H and O–H groups in total. The zero-order valence-corrected chi connectivity index (χ0v) is 8.77. The van der Waals surface area contributed by atoms with Crippen LogP contribution in [0.5, 0.6) is 0 Å². The van der Waals surface area contributed by atoms with Crippen molar-refractivity contribution in [3.63, 3.8) is 0 Å². The van der Waals surface area contributed by atoms with E-state index in [0.29, 0.717) is 6.54 Å². The fourth-order valence-corrected chi connectivity index (χ4v) is 1.86. The molecule has 0 amide bonds. The van der Waals surface area contributed by atoms with E-state index in [-0.39, 0.29) is 6.04 Å². The van der Waals surface area contributed by atoms with E-state index < -0.39 is 5.60 Å². The van der Waals surface area contributed by atoms with Crippen LogP contribution in [0.3, 0.4) is 0 Å². The Kier molecular flexibility index (Phi) is 4.16. The first-order valence-corrected chi connectivity index (χ1v) is 5.33. The van der Waals surface area contributed by atoms with E-state index in [0.717, 1.165) is 25.9 Å². The molecule has 1 heterocycles. The highest BCUT2D eigenvalue weighted by molar-refractivity contribution is 4.92. The van der Waals surface area contributed by atoms with E-state index in [9.17, 15) is 5.11 Å². The first kappa shape index (κ1) is 11.0. The van der Waals surface area contributed by atoms with Gasteiger partial charge in [0.25, 0.3) is 0 Å². The summed E-state index contributed by atoms with van der Waals surface area (Å²) in [5, 5.41) is 16.7. The molecule has 0 aliphatic carbocycles. The SMILES string of the molecule is CCCNCC(C)(O)C1CCCN1. The predicted octanol–water partition coefficient (Wildman–Crippen LogP) is 0.489. The van der Waals surface area contributed by atoms with Crippen molar-refractivity contribution in [2.24, 2.45) is 0 Å². The molecule has 1 rings (SSSR count). The van der Waals surface area contributed by atoms with Gasteiger partial charge in [0.2, 0.25) is 0 Å². The molecule has 2 unspecified atom stereocenters. The van der Waals surface area contributed by atoms with Crippen molar-refractivity contribution in [2.45, 2.75) is 44.8 Å². The summed E-state index contributed by atoms with van der Waals surface area (Å²) in [4.78, 5) is 0. The Bertz CT molecular complexity index is 142. The second kappa shape index (κ2) is 4.94. The maximum Gasteiger partial charge on any atom is 0.0895 e. The lowest BCUT2D eigenvalue weighted by Gasteiger charge is -2.30. The van der Waals surface area contributed by atoms with Crippen LogP contribution >= 0.6 is 0 Å². The van der Waals surface area contributed by atoms with Gasteiger partial charge in [0.15, 0.2) is 0 Å². The van der Waals surface area contributed by atoms with E-state index >= 15 is 0 Å². The summed E-state index contributed by atoms with van der Waals surface area (Å²) in [5.41, 5.74) is -0.592. The third-order valence-electron chi connectivity index (χ3n) is 2.72. The number of hydrogen-bond donors (Lipinski definition) is 3. The van der Waals surface area contributed by atoms with E-state index in [2.05, 4.69) is 17.6 Å². The number of nitrogens with one attached hydrogen (secondary N) is 2. The van der Waals surface area contributed by atoms with Crippen LogP contribution < -0.4 is 10.6 Å². The molecule has 3 nitrogen and oxygen atoms in total. The van der Waals surface area contributed by atoms with Gasteiger partial charge in [-0.2, -0.15) is 0 Å². The Balaban J connectivity index is 2.26. The summed E-state index contributed by atoms with van der Waals surface area (Å²) in [6, 6.07) is 0.275. The van der Waals surface area contributed by atoms with Crippen LogP contribution in [0.2, 0.25) is 0 Å². The Morgan fingerprint density at radius 1 is 1.62 bits per heavy atom. The third kappa shape index (κ3) is 3.25. The minimum absolute atomic E-state index is 0.275. The Morgan fingerprint density at radius 2 is 2.38 bits per heavy atom. The summed E-state index contributed by atoms with van der Waals surface area (Å²) in [5.74, 6) is 0. The molecule has 3 heteroatoms. The van der Waals surface area contributed by atoms with Crippen molar-refractivity contribution >= 4 is 0 Å². The summed E-state index contributed by atoms with van der Waals surface area (Å²) in [6.45, 7) is 6.78. The van der Waals surface area contributed by atoms with Gasteiger partial charge in [-0.25, -0.2) is 0 Å². The van der Waals surface area contributed by atoms with Crippen LogP contribution in [-0.4, -0.2) is 36.4 Å². The molecule has 0 spiro atoms. The second-order valence-electron chi connectivity index (χ2n) is 4.18. The molecule has 78 valence electrons. The molecule has 0 saturated carbocycles. The Labute approximate surface area is 80.9 Å². The molecule has 0 bridgehead atoms. The highest BCUT2D eigenvalue weighted by Gasteiger charge is 2.33. The van der Waals surface area contributed by atoms with E-state index in [4.69, 9.17) is 0 Å². The summed E-state index contributed by atoms with van der Waals surface area (Å²) < 4.78 is 0. The molecule has 0 aromatic rings. The summed E-state index contributed by atoms with van der Waals surface area (Å²) in [6.07, 6.45) is 3.41. The van der Waals surface area contributed by atoms with Gasteiger partial charge in [-0.3, -0.25) is 0 Å². The fraction of sp³-hybridized carbons (Fsp3) is 1.00. The maximum absolute atomic E-state index is 10.1. The molecular formula is C10H22N2O. The average Bonchev–Trinajstić information content (AvgIpc) is 2.56. The zero-order valence-electron chi connectivity index (χ0n) is 8.77. The van der Waals surface area contributed by atoms with Crippen LogP contribution in [0.15, 0.2) is 0 Å². The molecule has 0 radical (unpaired) electrons. The number of hydrogen-bond acceptors (Lipinski definition) is 3. The van der Waals surface area contributed by atoms with Gasteiger partial charge < -0.3 is 15.7 Å². The average molecular weight is 186 g/mol. The highest BCUT2D eigenvalue weighted by Crippen LogP contribution is 2.17. The number of rotatable bonds is 5. The molecule has 1 fully saturated rings. The van der Waals surface area contributed by atoms with Crippen molar-refractivity contribution in [3.05, 3.63) is 0 Å². The minimum Gasteiger partial charge on any atom is -0.387 e. The smallest absolute Gasteiger partial charge is 0.0895 e. The quantitative estimate of drug-likeness (QED) is 0.548. The maximum atomic E-state index is 10.1. The second-order valence-corrected chi connectivity index (χ2v) is 4.18.